The molecule has 3 atom stereocenters. The Morgan fingerprint density at radius 3 is 2.45 bits per heavy atom. The first-order valence-electron chi connectivity index (χ1n) is 3.93. The number of aliphatic hydroxyl groups excluding tert-OH is 3. The number of hydrogen-bond acceptors (Lipinski definition) is 4. The minimum Gasteiger partial charge on any atom is -0.395 e. The monoisotopic (exact) mass is 161 g/mol. The molecule has 1 saturated heterocycles. The van der Waals surface area contributed by atoms with E-state index in [0.717, 1.165) is 6.42 Å². The van der Waals surface area contributed by atoms with Crippen LogP contribution in [0, 0.1) is 0 Å². The zero-order valence-corrected chi connectivity index (χ0v) is 6.40. The van der Waals surface area contributed by atoms with E-state index in [2.05, 4.69) is 5.32 Å². The van der Waals surface area contributed by atoms with Gasteiger partial charge < -0.3 is 20.6 Å². The van der Waals surface area contributed by atoms with E-state index >= 15 is 0 Å². The molecule has 4 nitrogen and oxygen atoms in total. The Balaban J connectivity index is 2.37. The maximum Gasteiger partial charge on any atom is 0.0716 e. The molecule has 1 aliphatic heterocycles. The fourth-order valence-electron chi connectivity index (χ4n) is 1.39. The molecule has 4 N–H and O–H groups in total. The summed E-state index contributed by atoms with van der Waals surface area (Å²) in [6, 6.07) is -0.226. The average molecular weight is 161 g/mol. The highest BCUT2D eigenvalue weighted by Crippen LogP contribution is 2.12. The van der Waals surface area contributed by atoms with Crippen LogP contribution in [0.15, 0.2) is 0 Å². The summed E-state index contributed by atoms with van der Waals surface area (Å²) < 4.78 is 0. The Kier molecular flexibility index (Phi) is 3.26. The van der Waals surface area contributed by atoms with Gasteiger partial charge in [0.05, 0.1) is 25.4 Å². The third kappa shape index (κ3) is 2.13. The molecular formula is C7H15NO3. The summed E-state index contributed by atoms with van der Waals surface area (Å²) in [5.41, 5.74) is 0. The van der Waals surface area contributed by atoms with Crippen LogP contribution in [0.4, 0.5) is 0 Å². The Labute approximate surface area is 65.9 Å². The lowest BCUT2D eigenvalue weighted by atomic mass is 9.97. The first kappa shape index (κ1) is 8.93. The molecule has 0 bridgehead atoms. The highest BCUT2D eigenvalue weighted by molar-refractivity contribution is 4.85. The normalized spacial score (nSPS) is 39.0. The zero-order chi connectivity index (χ0) is 8.27. The van der Waals surface area contributed by atoms with E-state index < -0.39 is 6.10 Å². The van der Waals surface area contributed by atoms with Crippen molar-refractivity contribution in [3.8, 4) is 0 Å². The van der Waals surface area contributed by atoms with E-state index in [1.807, 2.05) is 0 Å². The lowest BCUT2D eigenvalue weighted by Gasteiger charge is -2.32. The Bertz CT molecular complexity index is 120. The van der Waals surface area contributed by atoms with Crippen molar-refractivity contribution in [2.75, 3.05) is 13.2 Å². The third-order valence-corrected chi connectivity index (χ3v) is 2.14. The van der Waals surface area contributed by atoms with Crippen molar-refractivity contribution in [3.63, 3.8) is 0 Å². The van der Waals surface area contributed by atoms with E-state index in [1.165, 1.54) is 0 Å². The molecular weight excluding hydrogens is 146 g/mol. The molecule has 2 unspecified atom stereocenters. The first-order chi connectivity index (χ1) is 5.27. The van der Waals surface area contributed by atoms with Crippen LogP contribution in [0.2, 0.25) is 0 Å². The van der Waals surface area contributed by atoms with Gasteiger partial charge in [-0.2, -0.15) is 0 Å². The molecule has 1 rings (SSSR count). The Hall–Kier alpha value is -0.160. The van der Waals surface area contributed by atoms with Crippen molar-refractivity contribution >= 4 is 0 Å². The number of rotatable bonds is 2. The molecule has 1 fully saturated rings. The van der Waals surface area contributed by atoms with E-state index in [-0.39, 0.29) is 25.3 Å². The van der Waals surface area contributed by atoms with Gasteiger partial charge in [0.1, 0.15) is 0 Å². The third-order valence-electron chi connectivity index (χ3n) is 2.14. The van der Waals surface area contributed by atoms with Gasteiger partial charge in [0, 0.05) is 6.04 Å². The largest absolute Gasteiger partial charge is 0.395 e. The maximum atomic E-state index is 9.28. The van der Waals surface area contributed by atoms with Crippen LogP contribution in [-0.2, 0) is 0 Å². The second-order valence-corrected chi connectivity index (χ2v) is 2.98. The highest BCUT2D eigenvalue weighted by Gasteiger charge is 2.26. The molecule has 66 valence electrons. The molecule has 0 amide bonds. The molecule has 0 aromatic rings. The lowest BCUT2D eigenvalue weighted by Crippen LogP contribution is -2.53. The van der Waals surface area contributed by atoms with Crippen molar-refractivity contribution in [3.05, 3.63) is 0 Å². The smallest absolute Gasteiger partial charge is 0.0716 e. The van der Waals surface area contributed by atoms with Gasteiger partial charge in [-0.15, -0.1) is 0 Å². The van der Waals surface area contributed by atoms with E-state index in [0.29, 0.717) is 6.42 Å². The van der Waals surface area contributed by atoms with Crippen LogP contribution >= 0.6 is 0 Å². The summed E-state index contributed by atoms with van der Waals surface area (Å²) in [5, 5.41) is 29.8. The molecule has 1 heterocycles. The summed E-state index contributed by atoms with van der Waals surface area (Å²) >= 11 is 0. The molecule has 0 radical (unpaired) electrons. The quantitative estimate of drug-likeness (QED) is 0.396. The van der Waals surface area contributed by atoms with Crippen LogP contribution in [0.5, 0.6) is 0 Å². The van der Waals surface area contributed by atoms with Gasteiger partial charge in [0.25, 0.3) is 0 Å². The van der Waals surface area contributed by atoms with Gasteiger partial charge in [0.2, 0.25) is 0 Å². The summed E-state index contributed by atoms with van der Waals surface area (Å²) in [7, 11) is 0. The summed E-state index contributed by atoms with van der Waals surface area (Å²) in [6.45, 7) is 0.000880. The van der Waals surface area contributed by atoms with Crippen molar-refractivity contribution in [2.45, 2.75) is 31.0 Å². The molecule has 0 aromatic carbocycles. The highest BCUT2D eigenvalue weighted by atomic mass is 16.3. The zero-order valence-electron chi connectivity index (χ0n) is 6.40. The maximum absolute atomic E-state index is 9.28. The van der Waals surface area contributed by atoms with Crippen LogP contribution < -0.4 is 5.32 Å². The first-order valence-corrected chi connectivity index (χ1v) is 3.93. The fourth-order valence-corrected chi connectivity index (χ4v) is 1.39. The second kappa shape index (κ2) is 4.01. The Morgan fingerprint density at radius 1 is 1.18 bits per heavy atom. The predicted molar refractivity (Wildman–Crippen MR) is 40.1 cm³/mol. The van der Waals surface area contributed by atoms with Gasteiger partial charge in [-0.1, -0.05) is 0 Å². The summed E-state index contributed by atoms with van der Waals surface area (Å²) in [6.07, 6.45) is 0.959. The molecule has 0 aromatic heterocycles. The van der Waals surface area contributed by atoms with Crippen LogP contribution in [-0.4, -0.2) is 46.7 Å². The molecule has 0 spiro atoms. The molecule has 0 aliphatic carbocycles. The van der Waals surface area contributed by atoms with Crippen LogP contribution in [0.3, 0.4) is 0 Å². The van der Waals surface area contributed by atoms with E-state index in [1.54, 1.807) is 0 Å². The van der Waals surface area contributed by atoms with E-state index in [9.17, 15) is 5.11 Å². The molecule has 11 heavy (non-hydrogen) atoms. The number of hydrogen-bond donors (Lipinski definition) is 4. The predicted octanol–water partition coefficient (Wildman–Crippen LogP) is -1.55. The molecule has 4 heteroatoms. The number of piperidine rings is 1. The number of nitrogens with one attached hydrogen (secondary N) is 1. The summed E-state index contributed by atoms with van der Waals surface area (Å²) in [4.78, 5) is 0. The van der Waals surface area contributed by atoms with Crippen molar-refractivity contribution in [2.24, 2.45) is 0 Å². The van der Waals surface area contributed by atoms with Gasteiger partial charge in [0.15, 0.2) is 0 Å². The molecule has 1 aliphatic rings. The van der Waals surface area contributed by atoms with Gasteiger partial charge in [-0.25, -0.2) is 0 Å². The Morgan fingerprint density at radius 2 is 1.91 bits per heavy atom. The lowest BCUT2D eigenvalue weighted by molar-refractivity contribution is 0.0395. The minimum absolute atomic E-state index is 0.0375. The van der Waals surface area contributed by atoms with Crippen LogP contribution in [0.25, 0.3) is 0 Å². The number of aliphatic hydroxyl groups is 3. The fraction of sp³-hybridized carbons (Fsp3) is 1.00. The standard InChI is InChI=1S/C7H15NO3/c9-3-5-1-2-7(11)6(4-10)8-5/h5-11H,1-4H2/t5?,6-,7?/m1/s1. The molecule has 0 saturated carbocycles. The average Bonchev–Trinajstić information content (AvgIpc) is 2.05. The van der Waals surface area contributed by atoms with Crippen molar-refractivity contribution < 1.29 is 15.3 Å². The van der Waals surface area contributed by atoms with Crippen LogP contribution in [0.1, 0.15) is 12.8 Å². The van der Waals surface area contributed by atoms with E-state index in [4.69, 9.17) is 10.2 Å². The van der Waals surface area contributed by atoms with Gasteiger partial charge in [-0.3, -0.25) is 0 Å². The summed E-state index contributed by atoms with van der Waals surface area (Å²) in [5.74, 6) is 0. The van der Waals surface area contributed by atoms with Crippen molar-refractivity contribution in [1.29, 1.82) is 0 Å². The SMILES string of the molecule is OCC1CCC(O)[C@@H](CO)N1. The van der Waals surface area contributed by atoms with Gasteiger partial charge >= 0.3 is 0 Å². The van der Waals surface area contributed by atoms with Crippen molar-refractivity contribution in [1.82, 2.24) is 5.32 Å². The second-order valence-electron chi connectivity index (χ2n) is 2.98. The minimum atomic E-state index is -0.470. The topological polar surface area (TPSA) is 72.7 Å². The van der Waals surface area contributed by atoms with Gasteiger partial charge in [-0.05, 0) is 12.8 Å².